The maximum absolute atomic E-state index is 12.7. The van der Waals surface area contributed by atoms with Crippen LogP contribution >= 0.6 is 0 Å². The van der Waals surface area contributed by atoms with Crippen molar-refractivity contribution in [2.24, 2.45) is 5.41 Å². The van der Waals surface area contributed by atoms with E-state index in [0.29, 0.717) is 12.2 Å². The van der Waals surface area contributed by atoms with Crippen molar-refractivity contribution in [2.75, 3.05) is 7.11 Å². The maximum Gasteiger partial charge on any atom is 0.290 e. The standard InChI is InChI=1S/C20H24N4O3/c1-20(2,3)18(12-24-10-9-21-13-24)22-19(25)17-11-16(23-27-17)14-5-7-15(26-4)8-6-14/h5-11,13,18H,12H2,1-4H3,(H,22,25)/t18-/m1/s1. The Morgan fingerprint density at radius 3 is 2.63 bits per heavy atom. The zero-order valence-electron chi connectivity index (χ0n) is 16.0. The Morgan fingerprint density at radius 1 is 1.30 bits per heavy atom. The molecule has 0 radical (unpaired) electrons. The maximum atomic E-state index is 12.7. The molecule has 0 saturated carbocycles. The van der Waals surface area contributed by atoms with E-state index in [2.05, 4.69) is 36.2 Å². The topological polar surface area (TPSA) is 82.2 Å². The van der Waals surface area contributed by atoms with Gasteiger partial charge in [0, 0.05) is 30.6 Å². The molecule has 1 aromatic carbocycles. The lowest BCUT2D eigenvalue weighted by atomic mass is 9.86. The molecule has 1 amide bonds. The van der Waals surface area contributed by atoms with E-state index in [1.54, 1.807) is 25.7 Å². The van der Waals surface area contributed by atoms with Crippen molar-refractivity contribution in [1.82, 2.24) is 20.0 Å². The highest BCUT2D eigenvalue weighted by atomic mass is 16.5. The summed E-state index contributed by atoms with van der Waals surface area (Å²) in [5.41, 5.74) is 1.31. The van der Waals surface area contributed by atoms with Gasteiger partial charge in [0.2, 0.25) is 5.76 Å². The molecule has 0 saturated heterocycles. The van der Waals surface area contributed by atoms with Crippen LogP contribution in [0.15, 0.2) is 53.6 Å². The Labute approximate surface area is 158 Å². The molecular formula is C20H24N4O3. The minimum Gasteiger partial charge on any atom is -0.497 e. The fraction of sp³-hybridized carbons (Fsp3) is 0.350. The molecule has 3 rings (SSSR count). The third-order valence-electron chi connectivity index (χ3n) is 4.42. The van der Waals surface area contributed by atoms with Crippen molar-refractivity contribution in [2.45, 2.75) is 33.4 Å². The molecule has 7 heteroatoms. The summed E-state index contributed by atoms with van der Waals surface area (Å²) in [7, 11) is 1.61. The van der Waals surface area contributed by atoms with Crippen LogP contribution in [0.3, 0.4) is 0 Å². The van der Waals surface area contributed by atoms with Gasteiger partial charge in [-0.2, -0.15) is 0 Å². The second-order valence-corrected chi connectivity index (χ2v) is 7.46. The molecule has 0 bridgehead atoms. The van der Waals surface area contributed by atoms with Crippen molar-refractivity contribution in [3.8, 4) is 17.0 Å². The van der Waals surface area contributed by atoms with E-state index in [0.717, 1.165) is 11.3 Å². The van der Waals surface area contributed by atoms with E-state index >= 15 is 0 Å². The molecule has 0 aliphatic rings. The highest BCUT2D eigenvalue weighted by Crippen LogP contribution is 2.24. The number of carbonyl (C=O) groups is 1. The van der Waals surface area contributed by atoms with Crippen molar-refractivity contribution in [1.29, 1.82) is 0 Å². The summed E-state index contributed by atoms with van der Waals surface area (Å²) in [4.78, 5) is 16.7. The highest BCUT2D eigenvalue weighted by Gasteiger charge is 2.28. The van der Waals surface area contributed by atoms with Crippen LogP contribution in [-0.2, 0) is 6.54 Å². The van der Waals surface area contributed by atoms with E-state index in [9.17, 15) is 4.79 Å². The van der Waals surface area contributed by atoms with Gasteiger partial charge in [0.1, 0.15) is 11.4 Å². The van der Waals surface area contributed by atoms with Gasteiger partial charge < -0.3 is 19.1 Å². The van der Waals surface area contributed by atoms with Gasteiger partial charge in [-0.15, -0.1) is 0 Å². The zero-order valence-corrected chi connectivity index (χ0v) is 16.0. The Kier molecular flexibility index (Phi) is 5.30. The lowest BCUT2D eigenvalue weighted by Gasteiger charge is -2.31. The molecule has 3 aromatic rings. The van der Waals surface area contributed by atoms with Crippen LogP contribution in [0.25, 0.3) is 11.3 Å². The first kappa shape index (κ1) is 18.7. The first-order valence-electron chi connectivity index (χ1n) is 8.74. The average Bonchev–Trinajstić information content (AvgIpc) is 3.32. The SMILES string of the molecule is COc1ccc(-c2cc(C(=O)N[C@H](Cn3ccnc3)C(C)(C)C)on2)cc1. The Hall–Kier alpha value is -3.09. The third kappa shape index (κ3) is 4.55. The monoisotopic (exact) mass is 368 g/mol. The predicted molar refractivity (Wildman–Crippen MR) is 101 cm³/mol. The number of hydrogen-bond donors (Lipinski definition) is 1. The molecule has 1 atom stereocenters. The van der Waals surface area contributed by atoms with Crippen molar-refractivity contribution in [3.05, 3.63) is 54.8 Å². The van der Waals surface area contributed by atoms with E-state index in [4.69, 9.17) is 9.26 Å². The van der Waals surface area contributed by atoms with Crippen LogP contribution in [0, 0.1) is 5.41 Å². The van der Waals surface area contributed by atoms with Crippen LogP contribution in [-0.4, -0.2) is 33.8 Å². The van der Waals surface area contributed by atoms with Gasteiger partial charge >= 0.3 is 0 Å². The molecule has 1 N–H and O–H groups in total. The van der Waals surface area contributed by atoms with E-state index in [1.807, 2.05) is 35.0 Å². The molecule has 27 heavy (non-hydrogen) atoms. The number of carbonyl (C=O) groups excluding carboxylic acids is 1. The normalized spacial score (nSPS) is 12.6. The summed E-state index contributed by atoms with van der Waals surface area (Å²) in [6.07, 6.45) is 5.33. The van der Waals surface area contributed by atoms with Crippen molar-refractivity contribution in [3.63, 3.8) is 0 Å². The summed E-state index contributed by atoms with van der Waals surface area (Å²) >= 11 is 0. The lowest BCUT2D eigenvalue weighted by molar-refractivity contribution is 0.0855. The van der Waals surface area contributed by atoms with Crippen molar-refractivity contribution < 1.29 is 14.1 Å². The molecule has 0 fully saturated rings. The molecule has 0 aliphatic carbocycles. The number of aromatic nitrogens is 3. The second-order valence-electron chi connectivity index (χ2n) is 7.46. The molecule has 0 aliphatic heterocycles. The quantitative estimate of drug-likeness (QED) is 0.721. The number of hydrogen-bond acceptors (Lipinski definition) is 5. The van der Waals surface area contributed by atoms with Gasteiger partial charge in [-0.3, -0.25) is 4.79 Å². The van der Waals surface area contributed by atoms with Gasteiger partial charge in [-0.25, -0.2) is 4.98 Å². The molecule has 0 spiro atoms. The van der Waals surface area contributed by atoms with Crippen LogP contribution in [0.2, 0.25) is 0 Å². The lowest BCUT2D eigenvalue weighted by Crippen LogP contribution is -2.46. The fourth-order valence-corrected chi connectivity index (χ4v) is 2.65. The summed E-state index contributed by atoms with van der Waals surface area (Å²) < 4.78 is 12.4. The summed E-state index contributed by atoms with van der Waals surface area (Å²) in [5.74, 6) is 0.649. The van der Waals surface area contributed by atoms with E-state index in [1.165, 1.54) is 0 Å². The van der Waals surface area contributed by atoms with Gasteiger partial charge in [-0.05, 0) is 29.7 Å². The minimum atomic E-state index is -0.290. The van der Waals surface area contributed by atoms with Gasteiger partial charge in [0.15, 0.2) is 0 Å². The predicted octanol–water partition coefficient (Wildman–Crippen LogP) is 3.39. The van der Waals surface area contributed by atoms with E-state index < -0.39 is 0 Å². The molecule has 7 nitrogen and oxygen atoms in total. The number of nitrogens with zero attached hydrogens (tertiary/aromatic N) is 3. The summed E-state index contributed by atoms with van der Waals surface area (Å²) in [6, 6.07) is 8.96. The number of amides is 1. The Bertz CT molecular complexity index is 877. The number of ether oxygens (including phenoxy) is 1. The summed E-state index contributed by atoms with van der Waals surface area (Å²) in [6.45, 7) is 6.86. The number of methoxy groups -OCH3 is 1. The molecule has 0 unspecified atom stereocenters. The number of imidazole rings is 1. The Balaban J connectivity index is 1.73. The first-order chi connectivity index (χ1) is 12.9. The van der Waals surface area contributed by atoms with E-state index in [-0.39, 0.29) is 23.1 Å². The number of rotatable bonds is 6. The number of nitrogens with one attached hydrogen (secondary N) is 1. The fourth-order valence-electron chi connectivity index (χ4n) is 2.65. The highest BCUT2D eigenvalue weighted by molar-refractivity contribution is 5.92. The van der Waals surface area contributed by atoms with Crippen LogP contribution in [0.1, 0.15) is 31.3 Å². The van der Waals surface area contributed by atoms with Gasteiger partial charge in [0.05, 0.1) is 19.5 Å². The molecule has 2 heterocycles. The Morgan fingerprint density at radius 2 is 2.04 bits per heavy atom. The number of benzene rings is 1. The molecule has 2 aromatic heterocycles. The van der Waals surface area contributed by atoms with Crippen LogP contribution in [0.5, 0.6) is 5.75 Å². The van der Waals surface area contributed by atoms with Gasteiger partial charge in [0.25, 0.3) is 5.91 Å². The van der Waals surface area contributed by atoms with Crippen molar-refractivity contribution >= 4 is 5.91 Å². The average molecular weight is 368 g/mol. The third-order valence-corrected chi connectivity index (χ3v) is 4.42. The largest absolute Gasteiger partial charge is 0.497 e. The van der Waals surface area contributed by atoms with Crippen LogP contribution in [0.4, 0.5) is 0 Å². The second kappa shape index (κ2) is 7.65. The van der Waals surface area contributed by atoms with Gasteiger partial charge in [-0.1, -0.05) is 25.9 Å². The molecular weight excluding hydrogens is 344 g/mol. The first-order valence-corrected chi connectivity index (χ1v) is 8.74. The zero-order chi connectivity index (χ0) is 19.4. The summed E-state index contributed by atoms with van der Waals surface area (Å²) in [5, 5.41) is 7.07. The minimum absolute atomic E-state index is 0.103. The smallest absolute Gasteiger partial charge is 0.290 e. The van der Waals surface area contributed by atoms with Crippen LogP contribution < -0.4 is 10.1 Å². The molecule has 142 valence electrons.